The van der Waals surface area contributed by atoms with Crippen molar-refractivity contribution in [1.82, 2.24) is 0 Å². The summed E-state index contributed by atoms with van der Waals surface area (Å²) in [5, 5.41) is 34.6. The maximum atomic E-state index is 14.3. The lowest BCUT2D eigenvalue weighted by atomic mass is 9.68. The number of hydrogen-bond acceptors (Lipinski definition) is 6. The van der Waals surface area contributed by atoms with Gasteiger partial charge in [-0.3, -0.25) is 9.59 Å². The Hall–Kier alpha value is -4.73. The van der Waals surface area contributed by atoms with Crippen LogP contribution in [0.15, 0.2) is 114 Å². The molecule has 1 aliphatic carbocycles. The maximum absolute atomic E-state index is 14.3. The Morgan fingerprint density at radius 2 is 1.43 bits per heavy atom. The van der Waals surface area contributed by atoms with Gasteiger partial charge in [0.05, 0.1) is 53.0 Å². The van der Waals surface area contributed by atoms with Gasteiger partial charge in [0.1, 0.15) is 5.75 Å². The number of aliphatic hydroxyl groups excluding tert-OH is 2. The highest BCUT2D eigenvalue weighted by Crippen LogP contribution is 2.49. The van der Waals surface area contributed by atoms with E-state index in [4.69, 9.17) is 16.0 Å². The fraction of sp³-hybridized carbons (Fsp3) is 0.348. The van der Waals surface area contributed by atoms with E-state index in [1.807, 2.05) is 81.4 Å². The fourth-order valence-corrected chi connectivity index (χ4v) is 13.6. The number of amides is 2. The van der Waals surface area contributed by atoms with Crippen LogP contribution in [0.25, 0.3) is 6.08 Å². The van der Waals surface area contributed by atoms with Gasteiger partial charge in [-0.25, -0.2) is 4.90 Å². The third-order valence-electron chi connectivity index (χ3n) is 11.6. The molecule has 7 nitrogen and oxygen atoms in total. The van der Waals surface area contributed by atoms with Crippen LogP contribution < -0.4 is 15.3 Å². The predicted octanol–water partition coefficient (Wildman–Crippen LogP) is 9.32. The number of benzene rings is 4. The van der Waals surface area contributed by atoms with E-state index in [1.54, 1.807) is 19.1 Å². The van der Waals surface area contributed by atoms with Gasteiger partial charge in [-0.05, 0) is 94.7 Å². The van der Waals surface area contributed by atoms with Crippen molar-refractivity contribution >= 4 is 53.9 Å². The zero-order valence-electron chi connectivity index (χ0n) is 33.8. The zero-order chi connectivity index (χ0) is 44.7. The van der Waals surface area contributed by atoms with Gasteiger partial charge >= 0.3 is 12.4 Å². The largest absolute Gasteiger partial charge is 0.508 e. The van der Waals surface area contributed by atoms with E-state index in [-0.39, 0.29) is 43.3 Å². The van der Waals surface area contributed by atoms with Gasteiger partial charge in [0.25, 0.3) is 8.32 Å². The van der Waals surface area contributed by atoms with Crippen molar-refractivity contribution in [2.75, 3.05) is 18.1 Å². The first-order chi connectivity index (χ1) is 28.6. The number of hydrogen-bond donors (Lipinski definition) is 3. The number of nitrogens with zero attached hydrogens (tertiary/aromatic N) is 1. The van der Waals surface area contributed by atoms with E-state index in [2.05, 4.69) is 0 Å². The van der Waals surface area contributed by atoms with E-state index < -0.39 is 84.8 Å². The second-order valence-corrected chi connectivity index (χ2v) is 21.4. The summed E-state index contributed by atoms with van der Waals surface area (Å²) < 4.78 is 91.0. The van der Waals surface area contributed by atoms with Gasteiger partial charge in [-0.2, -0.15) is 26.3 Å². The van der Waals surface area contributed by atoms with Crippen LogP contribution >= 0.6 is 11.6 Å². The second kappa shape index (κ2) is 17.6. The van der Waals surface area contributed by atoms with E-state index in [0.29, 0.717) is 33.2 Å². The molecule has 324 valence electrons. The second-order valence-electron chi connectivity index (χ2n) is 16.7. The smallest absolute Gasteiger partial charge is 0.416 e. The Morgan fingerprint density at radius 1 is 0.869 bits per heavy atom. The molecule has 3 N–H and O–H groups in total. The summed E-state index contributed by atoms with van der Waals surface area (Å²) in [6.07, 6.45) is -9.94. The molecule has 6 rings (SSSR count). The van der Waals surface area contributed by atoms with Crippen LogP contribution in [0.2, 0.25) is 10.1 Å². The molecule has 1 saturated heterocycles. The maximum Gasteiger partial charge on any atom is 0.416 e. The van der Waals surface area contributed by atoms with E-state index in [9.17, 15) is 51.3 Å². The lowest BCUT2D eigenvalue weighted by Crippen LogP contribution is -2.66. The van der Waals surface area contributed by atoms with Crippen molar-refractivity contribution in [3.63, 3.8) is 0 Å². The number of phenols is 1. The molecule has 0 radical (unpaired) electrons. The van der Waals surface area contributed by atoms with Crippen LogP contribution in [-0.2, 0) is 26.4 Å². The molecule has 4 atom stereocenters. The minimum Gasteiger partial charge on any atom is -0.508 e. The first-order valence-corrected chi connectivity index (χ1v) is 22.0. The van der Waals surface area contributed by atoms with Crippen molar-refractivity contribution in [3.8, 4) is 5.75 Å². The Morgan fingerprint density at radius 3 is 1.92 bits per heavy atom. The topological polar surface area (TPSA) is 107 Å². The summed E-state index contributed by atoms with van der Waals surface area (Å²) in [5.41, 5.74) is -2.29. The highest BCUT2D eigenvalue weighted by atomic mass is 35.5. The molecule has 1 heterocycles. The number of anilines is 1. The molecule has 1 fully saturated rings. The molecule has 0 unspecified atom stereocenters. The molecule has 0 spiro atoms. The Balaban J connectivity index is 1.45. The lowest BCUT2D eigenvalue weighted by molar-refractivity contribution is -0.143. The monoisotopic (exact) mass is 885 g/mol. The van der Waals surface area contributed by atoms with Gasteiger partial charge in [0.2, 0.25) is 11.8 Å². The van der Waals surface area contributed by atoms with Crippen molar-refractivity contribution in [3.05, 3.63) is 135 Å². The standard InChI is InChI=1S/C46H46ClF6NO6Si/c1-27(19-28-16-17-33(56)24-38(28)47)15-18-39(57)40-29(26-60-61(44(2,3)4,34-11-7-5-8-12-34)35-13-9-6-10-14-35)20-36-41(37(40)25-55)43(59)54(42(36)58)32-22-30(45(48,49)50)21-31(23-32)46(51,52)53/h5-14,16-17,19,21-24,36-37,39,41,55-57H,15,18,20,25-26H2,1-4H3/b27-19+/t36-,37+,39-,41-/m1/s1. The quantitative estimate of drug-likeness (QED) is 0.0567. The molecule has 2 aliphatic rings. The molecule has 2 amide bonds. The van der Waals surface area contributed by atoms with E-state index in [0.717, 1.165) is 15.9 Å². The van der Waals surface area contributed by atoms with Gasteiger partial charge < -0.3 is 19.7 Å². The van der Waals surface area contributed by atoms with E-state index in [1.165, 1.54) is 12.1 Å². The van der Waals surface area contributed by atoms with Crippen LogP contribution in [0.4, 0.5) is 32.0 Å². The van der Waals surface area contributed by atoms with Gasteiger partial charge in [-0.1, -0.05) is 105 Å². The third-order valence-corrected chi connectivity index (χ3v) is 17.0. The van der Waals surface area contributed by atoms with Crippen LogP contribution in [-0.4, -0.2) is 54.8 Å². The number of phenolic OH excluding ortho intramolecular Hbond substituents is 1. The third kappa shape index (κ3) is 9.24. The highest BCUT2D eigenvalue weighted by Gasteiger charge is 2.57. The summed E-state index contributed by atoms with van der Waals surface area (Å²) in [5.74, 6) is -6.11. The Labute approximate surface area is 356 Å². The number of alkyl halides is 6. The van der Waals surface area contributed by atoms with E-state index >= 15 is 0 Å². The van der Waals surface area contributed by atoms with Crippen LogP contribution in [0.1, 0.15) is 63.6 Å². The number of imide groups is 1. The normalized spacial score (nSPS) is 19.7. The fourth-order valence-electron chi connectivity index (χ4n) is 8.86. The van der Waals surface area contributed by atoms with Crippen LogP contribution in [0.3, 0.4) is 0 Å². The summed E-state index contributed by atoms with van der Waals surface area (Å²) in [4.78, 5) is 29.0. The number of carbonyl (C=O) groups excluding carboxylic acids is 2. The molecule has 61 heavy (non-hydrogen) atoms. The summed E-state index contributed by atoms with van der Waals surface area (Å²) in [6.45, 7) is 6.99. The molecular formula is C46H46ClF6NO6Si. The zero-order valence-corrected chi connectivity index (χ0v) is 35.6. The molecule has 4 aromatic rings. The van der Waals surface area contributed by atoms with Gasteiger partial charge in [-0.15, -0.1) is 0 Å². The predicted molar refractivity (Wildman–Crippen MR) is 224 cm³/mol. The van der Waals surface area contributed by atoms with Gasteiger partial charge in [0.15, 0.2) is 0 Å². The lowest BCUT2D eigenvalue weighted by Gasteiger charge is -2.44. The number of aromatic hydroxyl groups is 1. The van der Waals surface area contributed by atoms with Crippen molar-refractivity contribution in [1.29, 1.82) is 0 Å². The first kappa shape index (κ1) is 45.8. The molecule has 15 heteroatoms. The minimum atomic E-state index is -5.24. The molecule has 0 aromatic heterocycles. The van der Waals surface area contributed by atoms with Crippen LogP contribution in [0.5, 0.6) is 5.75 Å². The number of carbonyl (C=O) groups is 2. The Kier molecular flexibility index (Phi) is 13.2. The number of fused-ring (bicyclic) bond motifs is 1. The molecule has 0 bridgehead atoms. The summed E-state index contributed by atoms with van der Waals surface area (Å²) >= 11 is 6.33. The molecule has 4 aromatic carbocycles. The molecule has 1 aliphatic heterocycles. The van der Waals surface area contributed by atoms with Crippen molar-refractivity contribution in [2.45, 2.75) is 70.5 Å². The summed E-state index contributed by atoms with van der Waals surface area (Å²) in [6, 6.07) is 24.3. The molecule has 0 saturated carbocycles. The van der Waals surface area contributed by atoms with Gasteiger partial charge in [0, 0.05) is 5.92 Å². The SMILES string of the molecule is C/C(=C\c1ccc(O)cc1Cl)CC[C@@H](O)C1=C(CO[Si](c2ccccc2)(c2ccccc2)C(C)(C)C)C[C@H]2C(=O)N(c3cc(C(F)(F)F)cc(C(F)(F)F)c3)C(=O)[C@H]2[C@H]1CO. The number of halogens is 7. The first-order valence-electron chi connectivity index (χ1n) is 19.7. The number of allylic oxidation sites excluding steroid dienone is 1. The van der Waals surface area contributed by atoms with Crippen LogP contribution in [0, 0.1) is 17.8 Å². The minimum absolute atomic E-state index is 0.0204. The Bertz CT molecular complexity index is 2260. The summed E-state index contributed by atoms with van der Waals surface area (Å²) in [7, 11) is -3.29. The average molecular weight is 886 g/mol. The number of rotatable bonds is 12. The molecular weight excluding hydrogens is 840 g/mol. The van der Waals surface area contributed by atoms with Crippen molar-refractivity contribution < 1.29 is 55.7 Å². The highest BCUT2D eigenvalue weighted by molar-refractivity contribution is 6.99. The average Bonchev–Trinajstić information content (AvgIpc) is 3.45. The number of aliphatic hydroxyl groups is 2. The van der Waals surface area contributed by atoms with Crippen molar-refractivity contribution in [2.24, 2.45) is 17.8 Å².